The molecular weight excluding hydrogens is 282 g/mol. The summed E-state index contributed by atoms with van der Waals surface area (Å²) in [4.78, 5) is 1.27. The molecule has 106 valence electrons. The fourth-order valence-corrected chi connectivity index (χ4v) is 5.04. The Bertz CT molecular complexity index is 514. The van der Waals surface area contributed by atoms with Crippen LogP contribution >= 0.6 is 11.3 Å². The predicted molar refractivity (Wildman–Crippen MR) is 76.0 cm³/mol. The zero-order chi connectivity index (χ0) is 13.3. The van der Waals surface area contributed by atoms with E-state index >= 15 is 0 Å². The van der Waals surface area contributed by atoms with Crippen LogP contribution in [0.15, 0.2) is 17.5 Å². The maximum absolute atomic E-state index is 12.0. The summed E-state index contributed by atoms with van der Waals surface area (Å²) >= 11 is 1.71. The van der Waals surface area contributed by atoms with Crippen molar-refractivity contribution in [2.24, 2.45) is 0 Å². The SMILES string of the molecule is O=S(=O)(NCC1(c2cccs2)CCOCC1)C1CC1. The molecule has 1 saturated carbocycles. The van der Waals surface area contributed by atoms with E-state index in [-0.39, 0.29) is 10.7 Å². The van der Waals surface area contributed by atoms with Gasteiger partial charge in [0.1, 0.15) is 0 Å². The van der Waals surface area contributed by atoms with Crippen LogP contribution in [0.1, 0.15) is 30.6 Å². The first-order chi connectivity index (χ1) is 9.12. The highest BCUT2D eigenvalue weighted by atomic mass is 32.2. The Balaban J connectivity index is 1.76. The van der Waals surface area contributed by atoms with Gasteiger partial charge >= 0.3 is 0 Å². The van der Waals surface area contributed by atoms with Crippen molar-refractivity contribution in [1.29, 1.82) is 0 Å². The van der Waals surface area contributed by atoms with E-state index < -0.39 is 10.0 Å². The summed E-state index contributed by atoms with van der Waals surface area (Å²) in [6, 6.07) is 4.15. The van der Waals surface area contributed by atoms with Crippen molar-refractivity contribution in [2.45, 2.75) is 36.3 Å². The third-order valence-electron chi connectivity index (χ3n) is 4.07. The molecule has 0 bridgehead atoms. The van der Waals surface area contributed by atoms with Crippen LogP contribution in [0.4, 0.5) is 0 Å². The molecule has 1 aromatic heterocycles. The van der Waals surface area contributed by atoms with Gasteiger partial charge in [0.15, 0.2) is 0 Å². The minimum absolute atomic E-state index is 0.0750. The minimum Gasteiger partial charge on any atom is -0.381 e. The van der Waals surface area contributed by atoms with E-state index in [2.05, 4.69) is 16.2 Å². The molecule has 3 rings (SSSR count). The zero-order valence-electron chi connectivity index (χ0n) is 10.8. The van der Waals surface area contributed by atoms with Crippen LogP contribution in [0.25, 0.3) is 0 Å². The lowest BCUT2D eigenvalue weighted by atomic mass is 9.79. The molecule has 0 amide bonds. The van der Waals surface area contributed by atoms with E-state index in [1.165, 1.54) is 4.88 Å². The minimum atomic E-state index is -3.10. The van der Waals surface area contributed by atoms with Gasteiger partial charge in [-0.25, -0.2) is 13.1 Å². The first kappa shape index (κ1) is 13.5. The van der Waals surface area contributed by atoms with Crippen LogP contribution in [0.2, 0.25) is 0 Å². The molecule has 1 aliphatic carbocycles. The van der Waals surface area contributed by atoms with Gasteiger partial charge in [0.25, 0.3) is 0 Å². The van der Waals surface area contributed by atoms with Crippen LogP contribution in [0.5, 0.6) is 0 Å². The molecule has 0 radical (unpaired) electrons. The molecule has 19 heavy (non-hydrogen) atoms. The molecule has 0 spiro atoms. The Morgan fingerprint density at radius 3 is 2.68 bits per heavy atom. The Morgan fingerprint density at radius 2 is 2.11 bits per heavy atom. The van der Waals surface area contributed by atoms with E-state index in [1.807, 2.05) is 6.07 Å². The van der Waals surface area contributed by atoms with Gasteiger partial charge in [-0.1, -0.05) is 6.07 Å². The van der Waals surface area contributed by atoms with Crippen molar-refractivity contribution in [1.82, 2.24) is 4.72 Å². The summed E-state index contributed by atoms with van der Waals surface area (Å²) in [6.45, 7) is 1.93. The fraction of sp³-hybridized carbons (Fsp3) is 0.692. The highest BCUT2D eigenvalue weighted by molar-refractivity contribution is 7.90. The normalized spacial score (nSPS) is 23.4. The molecule has 1 aliphatic heterocycles. The lowest BCUT2D eigenvalue weighted by Crippen LogP contribution is -2.44. The van der Waals surface area contributed by atoms with Gasteiger partial charge in [-0.05, 0) is 37.1 Å². The van der Waals surface area contributed by atoms with Crippen molar-refractivity contribution in [3.8, 4) is 0 Å². The lowest BCUT2D eigenvalue weighted by molar-refractivity contribution is 0.0529. The number of ether oxygens (including phenoxy) is 1. The molecular formula is C13H19NO3S2. The number of nitrogens with one attached hydrogen (secondary N) is 1. The number of rotatable bonds is 5. The van der Waals surface area contributed by atoms with Crippen LogP contribution in [0, 0.1) is 0 Å². The molecule has 0 aromatic carbocycles. The fourth-order valence-electron chi connectivity index (χ4n) is 2.59. The van der Waals surface area contributed by atoms with Gasteiger partial charge in [-0.3, -0.25) is 0 Å². The maximum atomic E-state index is 12.0. The number of hydrogen-bond acceptors (Lipinski definition) is 4. The maximum Gasteiger partial charge on any atom is 0.214 e. The standard InChI is InChI=1S/C13H19NO3S2/c15-19(16,11-3-4-11)14-10-13(5-7-17-8-6-13)12-2-1-9-18-12/h1-2,9,11,14H,3-8,10H2. The van der Waals surface area contributed by atoms with Gasteiger partial charge in [0, 0.05) is 30.1 Å². The Morgan fingerprint density at radius 1 is 1.37 bits per heavy atom. The van der Waals surface area contributed by atoms with Gasteiger partial charge in [-0.2, -0.15) is 0 Å². The van der Waals surface area contributed by atoms with Crippen LogP contribution in [-0.4, -0.2) is 33.4 Å². The third-order valence-corrected chi connectivity index (χ3v) is 7.08. The first-order valence-corrected chi connectivity index (χ1v) is 9.15. The summed E-state index contributed by atoms with van der Waals surface area (Å²) in [7, 11) is -3.10. The molecule has 1 saturated heterocycles. The highest BCUT2D eigenvalue weighted by Gasteiger charge is 2.40. The monoisotopic (exact) mass is 301 g/mol. The van der Waals surface area contributed by atoms with Crippen molar-refractivity contribution < 1.29 is 13.2 Å². The van der Waals surface area contributed by atoms with Crippen LogP contribution < -0.4 is 4.72 Å². The number of sulfonamides is 1. The van der Waals surface area contributed by atoms with E-state index in [4.69, 9.17) is 4.74 Å². The quantitative estimate of drug-likeness (QED) is 0.903. The van der Waals surface area contributed by atoms with Crippen molar-refractivity contribution in [3.63, 3.8) is 0 Å². The van der Waals surface area contributed by atoms with E-state index in [9.17, 15) is 8.42 Å². The van der Waals surface area contributed by atoms with Gasteiger partial charge in [0.2, 0.25) is 10.0 Å². The van der Waals surface area contributed by atoms with E-state index in [1.54, 1.807) is 11.3 Å². The second kappa shape index (κ2) is 5.16. The molecule has 4 nitrogen and oxygen atoms in total. The predicted octanol–water partition coefficient (Wildman–Crippen LogP) is 1.88. The number of thiophene rings is 1. The van der Waals surface area contributed by atoms with Gasteiger partial charge in [-0.15, -0.1) is 11.3 Å². The summed E-state index contributed by atoms with van der Waals surface area (Å²) < 4.78 is 32.3. The third kappa shape index (κ3) is 2.86. The highest BCUT2D eigenvalue weighted by Crippen LogP contribution is 2.37. The second-order valence-corrected chi connectivity index (χ2v) is 8.43. The molecule has 0 unspecified atom stereocenters. The smallest absolute Gasteiger partial charge is 0.214 e. The molecule has 2 aliphatic rings. The largest absolute Gasteiger partial charge is 0.381 e. The first-order valence-electron chi connectivity index (χ1n) is 6.73. The molecule has 0 atom stereocenters. The van der Waals surface area contributed by atoms with E-state index in [0.717, 1.165) is 25.7 Å². The lowest BCUT2D eigenvalue weighted by Gasteiger charge is -2.36. The second-order valence-electron chi connectivity index (χ2n) is 5.44. The van der Waals surface area contributed by atoms with Crippen molar-refractivity contribution in [3.05, 3.63) is 22.4 Å². The average molecular weight is 301 g/mol. The average Bonchev–Trinajstić information content (AvgIpc) is 3.14. The van der Waals surface area contributed by atoms with Gasteiger partial charge < -0.3 is 4.74 Å². The van der Waals surface area contributed by atoms with Crippen LogP contribution in [0.3, 0.4) is 0 Å². The Hall–Kier alpha value is -0.430. The Labute approximate surface area is 118 Å². The summed E-state index contributed by atoms with van der Waals surface area (Å²) in [6.07, 6.45) is 3.40. The topological polar surface area (TPSA) is 55.4 Å². The van der Waals surface area contributed by atoms with Crippen molar-refractivity contribution in [2.75, 3.05) is 19.8 Å². The molecule has 2 heterocycles. The summed E-state index contributed by atoms with van der Waals surface area (Å²) in [5, 5.41) is 1.91. The summed E-state index contributed by atoms with van der Waals surface area (Å²) in [5.41, 5.74) is -0.0750. The van der Waals surface area contributed by atoms with Crippen LogP contribution in [-0.2, 0) is 20.2 Å². The molecule has 6 heteroatoms. The van der Waals surface area contributed by atoms with Gasteiger partial charge in [0.05, 0.1) is 5.25 Å². The van der Waals surface area contributed by atoms with Crippen molar-refractivity contribution >= 4 is 21.4 Å². The van der Waals surface area contributed by atoms with E-state index in [0.29, 0.717) is 19.8 Å². The molecule has 2 fully saturated rings. The molecule has 1 N–H and O–H groups in total. The molecule has 1 aromatic rings. The zero-order valence-corrected chi connectivity index (χ0v) is 12.4. The Kier molecular flexibility index (Phi) is 3.68. The number of hydrogen-bond donors (Lipinski definition) is 1. The summed E-state index contributed by atoms with van der Waals surface area (Å²) in [5.74, 6) is 0.